The Balaban J connectivity index is 2.14. The molecule has 0 fully saturated rings. The maximum absolute atomic E-state index is 11.1. The van der Waals surface area contributed by atoms with Crippen LogP contribution >= 0.6 is 0 Å². The molecule has 0 saturated carbocycles. The third-order valence-corrected chi connectivity index (χ3v) is 3.25. The molecule has 3 rings (SSSR count). The monoisotopic (exact) mass is 327 g/mol. The number of nitrogens with one attached hydrogen (secondary N) is 1. The van der Waals surface area contributed by atoms with E-state index in [0.717, 1.165) is 0 Å². The Kier molecular flexibility index (Phi) is 3.74. The van der Waals surface area contributed by atoms with Gasteiger partial charge in [0.15, 0.2) is 11.3 Å². The summed E-state index contributed by atoms with van der Waals surface area (Å²) in [5.74, 6) is -1.27. The Morgan fingerprint density at radius 1 is 1.21 bits per heavy atom. The number of anilines is 1. The number of phenolic OH excluding ortho intramolecular Hbond substituents is 1. The minimum atomic E-state index is -1.19. The van der Waals surface area contributed by atoms with Gasteiger partial charge in [-0.1, -0.05) is 0 Å². The lowest BCUT2D eigenvalue weighted by Crippen LogP contribution is -2.23. The van der Waals surface area contributed by atoms with Gasteiger partial charge in [0, 0.05) is 17.7 Å². The van der Waals surface area contributed by atoms with Gasteiger partial charge in [-0.05, 0) is 24.3 Å². The molecule has 0 aliphatic heterocycles. The predicted octanol–water partition coefficient (Wildman–Crippen LogP) is 0.697. The lowest BCUT2D eigenvalue weighted by Gasteiger charge is -2.09. The number of carboxylic acids is 1. The molecule has 0 spiro atoms. The van der Waals surface area contributed by atoms with Gasteiger partial charge in [-0.15, -0.1) is 0 Å². The van der Waals surface area contributed by atoms with Gasteiger partial charge in [-0.25, -0.2) is 9.78 Å². The van der Waals surface area contributed by atoms with E-state index < -0.39 is 11.9 Å². The summed E-state index contributed by atoms with van der Waals surface area (Å²) in [6.45, 7) is -0.142. The number of rotatable bonds is 5. The first-order valence-corrected chi connectivity index (χ1v) is 6.90. The standard InChI is InChI=1S/C15H13N5O4/c16-12(22)7-17-13-5-10(8-1-3-9(21)4-2-8)18-14-6-11(15(23)24)19-20(13)14/h1-6,17,21H,7H2,(H2,16,22)(H,23,24). The van der Waals surface area contributed by atoms with Gasteiger partial charge in [-0.3, -0.25) is 4.79 Å². The summed E-state index contributed by atoms with van der Waals surface area (Å²) in [5.41, 5.74) is 6.48. The number of hydrogen-bond donors (Lipinski definition) is 4. The van der Waals surface area contributed by atoms with Gasteiger partial charge < -0.3 is 21.3 Å². The van der Waals surface area contributed by atoms with Gasteiger partial charge >= 0.3 is 5.97 Å². The summed E-state index contributed by atoms with van der Waals surface area (Å²) in [7, 11) is 0. The first-order chi connectivity index (χ1) is 11.4. The van der Waals surface area contributed by atoms with Crippen molar-refractivity contribution >= 4 is 23.3 Å². The van der Waals surface area contributed by atoms with Crippen LogP contribution in [0.25, 0.3) is 16.9 Å². The quantitative estimate of drug-likeness (QED) is 0.540. The molecular formula is C15H13N5O4. The lowest BCUT2D eigenvalue weighted by molar-refractivity contribution is -0.116. The molecule has 0 atom stereocenters. The molecule has 0 aliphatic rings. The number of aromatic carboxylic acids is 1. The Labute approximate surface area is 135 Å². The summed E-state index contributed by atoms with van der Waals surface area (Å²) < 4.78 is 1.29. The number of primary amides is 1. The SMILES string of the molecule is NC(=O)CNc1cc(-c2ccc(O)cc2)nc2cc(C(=O)O)nn12. The number of nitrogens with two attached hydrogens (primary N) is 1. The molecule has 1 amide bonds. The zero-order valence-corrected chi connectivity index (χ0v) is 12.3. The molecule has 2 aromatic heterocycles. The second-order valence-electron chi connectivity index (χ2n) is 5.00. The maximum atomic E-state index is 11.1. The predicted molar refractivity (Wildman–Crippen MR) is 84.7 cm³/mol. The molecule has 122 valence electrons. The number of phenols is 1. The molecule has 2 heterocycles. The van der Waals surface area contributed by atoms with Crippen LogP contribution in [0.2, 0.25) is 0 Å². The number of carboxylic acid groups (broad SMARTS) is 1. The molecule has 0 bridgehead atoms. The van der Waals surface area contributed by atoms with Gasteiger partial charge in [-0.2, -0.15) is 9.61 Å². The van der Waals surface area contributed by atoms with Gasteiger partial charge in [0.2, 0.25) is 5.91 Å². The Hall–Kier alpha value is -3.62. The van der Waals surface area contributed by atoms with Crippen LogP contribution in [0.15, 0.2) is 36.4 Å². The lowest BCUT2D eigenvalue weighted by atomic mass is 10.1. The smallest absolute Gasteiger partial charge is 0.356 e. The van der Waals surface area contributed by atoms with Gasteiger partial charge in [0.1, 0.15) is 11.6 Å². The fourth-order valence-electron chi connectivity index (χ4n) is 2.16. The molecular weight excluding hydrogens is 314 g/mol. The largest absolute Gasteiger partial charge is 0.508 e. The van der Waals surface area contributed by atoms with Crippen LogP contribution in [-0.2, 0) is 4.79 Å². The minimum absolute atomic E-state index is 0.115. The Bertz CT molecular complexity index is 933. The van der Waals surface area contributed by atoms with Crippen molar-refractivity contribution in [3.05, 3.63) is 42.1 Å². The van der Waals surface area contributed by atoms with Crippen molar-refractivity contribution in [2.45, 2.75) is 0 Å². The molecule has 9 heteroatoms. The summed E-state index contributed by atoms with van der Waals surface area (Å²) >= 11 is 0. The molecule has 0 saturated heterocycles. The molecule has 0 radical (unpaired) electrons. The number of aromatic hydroxyl groups is 1. The highest BCUT2D eigenvalue weighted by atomic mass is 16.4. The number of fused-ring (bicyclic) bond motifs is 1. The van der Waals surface area contributed by atoms with E-state index in [0.29, 0.717) is 22.7 Å². The van der Waals surface area contributed by atoms with Crippen LogP contribution in [0.5, 0.6) is 5.75 Å². The first-order valence-electron chi connectivity index (χ1n) is 6.90. The van der Waals surface area contributed by atoms with E-state index >= 15 is 0 Å². The Morgan fingerprint density at radius 3 is 2.54 bits per heavy atom. The van der Waals surface area contributed by atoms with Crippen molar-refractivity contribution in [1.82, 2.24) is 14.6 Å². The van der Waals surface area contributed by atoms with E-state index in [-0.39, 0.29) is 18.0 Å². The molecule has 5 N–H and O–H groups in total. The number of aromatic nitrogens is 3. The number of amides is 1. The van der Waals surface area contributed by atoms with Crippen LogP contribution in [0, 0.1) is 0 Å². The first kappa shape index (κ1) is 15.3. The van der Waals surface area contributed by atoms with Crippen LogP contribution in [0.1, 0.15) is 10.5 Å². The van der Waals surface area contributed by atoms with Crippen LogP contribution in [-0.4, -0.2) is 43.2 Å². The van der Waals surface area contributed by atoms with Crippen molar-refractivity contribution in [3.63, 3.8) is 0 Å². The second kappa shape index (κ2) is 5.88. The van der Waals surface area contributed by atoms with Crippen LogP contribution < -0.4 is 11.1 Å². The number of benzene rings is 1. The highest BCUT2D eigenvalue weighted by molar-refractivity contribution is 5.87. The number of carbonyl (C=O) groups is 2. The van der Waals surface area contributed by atoms with Gasteiger partial charge in [0.05, 0.1) is 12.2 Å². The highest BCUT2D eigenvalue weighted by Crippen LogP contribution is 2.24. The summed E-state index contributed by atoms with van der Waals surface area (Å²) in [4.78, 5) is 26.5. The van der Waals surface area contributed by atoms with Gasteiger partial charge in [0.25, 0.3) is 0 Å². The second-order valence-corrected chi connectivity index (χ2v) is 5.00. The summed E-state index contributed by atoms with van der Waals surface area (Å²) in [6, 6.07) is 9.29. The summed E-state index contributed by atoms with van der Waals surface area (Å²) in [6.07, 6.45) is 0. The third-order valence-electron chi connectivity index (χ3n) is 3.25. The third kappa shape index (κ3) is 2.95. The molecule has 0 aliphatic carbocycles. The fourth-order valence-corrected chi connectivity index (χ4v) is 2.16. The minimum Gasteiger partial charge on any atom is -0.508 e. The summed E-state index contributed by atoms with van der Waals surface area (Å²) in [5, 5.41) is 25.2. The van der Waals surface area contributed by atoms with Crippen molar-refractivity contribution in [2.75, 3.05) is 11.9 Å². The zero-order valence-electron chi connectivity index (χ0n) is 12.3. The van der Waals surface area contributed by atoms with E-state index in [4.69, 9.17) is 10.8 Å². The molecule has 3 aromatic rings. The number of carbonyl (C=O) groups excluding carboxylic acids is 1. The Morgan fingerprint density at radius 2 is 1.92 bits per heavy atom. The fraction of sp³-hybridized carbons (Fsp3) is 0.0667. The average molecular weight is 327 g/mol. The molecule has 9 nitrogen and oxygen atoms in total. The van der Waals surface area contributed by atoms with E-state index in [1.807, 2.05) is 0 Å². The highest BCUT2D eigenvalue weighted by Gasteiger charge is 2.14. The van der Waals surface area contributed by atoms with Crippen molar-refractivity contribution in [3.8, 4) is 17.0 Å². The van der Waals surface area contributed by atoms with Crippen molar-refractivity contribution < 1.29 is 19.8 Å². The van der Waals surface area contributed by atoms with Crippen LogP contribution in [0.3, 0.4) is 0 Å². The van der Waals surface area contributed by atoms with E-state index in [9.17, 15) is 14.7 Å². The average Bonchev–Trinajstić information content (AvgIpc) is 2.97. The number of nitrogens with zero attached hydrogens (tertiary/aromatic N) is 3. The normalized spacial score (nSPS) is 10.7. The number of hydrogen-bond acceptors (Lipinski definition) is 6. The molecule has 1 aromatic carbocycles. The maximum Gasteiger partial charge on any atom is 0.356 e. The van der Waals surface area contributed by atoms with Crippen molar-refractivity contribution in [1.29, 1.82) is 0 Å². The van der Waals surface area contributed by atoms with E-state index in [1.165, 1.54) is 22.7 Å². The van der Waals surface area contributed by atoms with E-state index in [1.54, 1.807) is 18.2 Å². The van der Waals surface area contributed by atoms with Crippen LogP contribution in [0.4, 0.5) is 5.82 Å². The topological polar surface area (TPSA) is 143 Å². The van der Waals surface area contributed by atoms with E-state index in [2.05, 4.69) is 15.4 Å². The van der Waals surface area contributed by atoms with Crippen molar-refractivity contribution in [2.24, 2.45) is 5.73 Å². The zero-order chi connectivity index (χ0) is 17.3. The molecule has 0 unspecified atom stereocenters. The molecule has 24 heavy (non-hydrogen) atoms.